The minimum Gasteiger partial charge on any atom is -0.447 e. The Morgan fingerprint density at radius 2 is 2.08 bits per heavy atom. The molecular formula is C20H23NO5. The third-order valence-electron chi connectivity index (χ3n) is 3.92. The van der Waals surface area contributed by atoms with Crippen molar-refractivity contribution in [2.24, 2.45) is 5.92 Å². The van der Waals surface area contributed by atoms with Crippen molar-refractivity contribution < 1.29 is 23.9 Å². The van der Waals surface area contributed by atoms with Crippen LogP contribution >= 0.6 is 0 Å². The van der Waals surface area contributed by atoms with Crippen LogP contribution in [-0.4, -0.2) is 35.5 Å². The van der Waals surface area contributed by atoms with E-state index in [9.17, 15) is 14.4 Å². The molecule has 0 N–H and O–H groups in total. The van der Waals surface area contributed by atoms with Crippen molar-refractivity contribution in [2.45, 2.75) is 32.7 Å². The molecule has 0 saturated carbocycles. The molecule has 2 rings (SSSR count). The summed E-state index contributed by atoms with van der Waals surface area (Å²) in [7, 11) is 0. The molecule has 0 unspecified atom stereocenters. The van der Waals surface area contributed by atoms with E-state index in [-0.39, 0.29) is 30.4 Å². The van der Waals surface area contributed by atoms with Crippen LogP contribution in [0.1, 0.15) is 25.8 Å². The van der Waals surface area contributed by atoms with Crippen molar-refractivity contribution in [3.05, 3.63) is 60.4 Å². The average molecular weight is 357 g/mol. The molecular weight excluding hydrogens is 334 g/mol. The lowest BCUT2D eigenvalue weighted by Gasteiger charge is -2.18. The molecule has 0 radical (unpaired) electrons. The van der Waals surface area contributed by atoms with Crippen LogP contribution in [-0.2, 0) is 25.5 Å². The van der Waals surface area contributed by atoms with Gasteiger partial charge in [0.15, 0.2) is 0 Å². The summed E-state index contributed by atoms with van der Waals surface area (Å²) in [4.78, 5) is 36.2. The lowest BCUT2D eigenvalue weighted by molar-refractivity contribution is -0.135. The third kappa shape index (κ3) is 5.88. The fourth-order valence-electron chi connectivity index (χ4n) is 2.58. The standard InChI is InChI=1S/C20H23NO5/c1-15(11-12-25-16(2)22)7-6-10-19(23)21-18(14-26-20(21)24)13-17-8-4-3-5-9-17/h3-6,8-12,15,18H,7,13-14H2,1-2H3/b10-6+,12-11+/t15-,18-/m0/s1. The lowest BCUT2D eigenvalue weighted by Crippen LogP contribution is -2.39. The molecule has 6 nitrogen and oxygen atoms in total. The molecule has 6 heteroatoms. The van der Waals surface area contributed by atoms with Gasteiger partial charge in [-0.3, -0.25) is 9.59 Å². The van der Waals surface area contributed by atoms with E-state index in [4.69, 9.17) is 9.47 Å². The number of cyclic esters (lactones) is 1. The van der Waals surface area contributed by atoms with E-state index in [0.717, 1.165) is 5.56 Å². The van der Waals surface area contributed by atoms with Gasteiger partial charge in [-0.2, -0.15) is 0 Å². The van der Waals surface area contributed by atoms with Crippen molar-refractivity contribution >= 4 is 18.0 Å². The Hall–Kier alpha value is -2.89. The number of nitrogens with zero attached hydrogens (tertiary/aromatic N) is 1. The van der Waals surface area contributed by atoms with Crippen molar-refractivity contribution in [1.29, 1.82) is 0 Å². The van der Waals surface area contributed by atoms with Gasteiger partial charge in [0.2, 0.25) is 0 Å². The number of ether oxygens (including phenoxy) is 2. The molecule has 1 aliphatic rings. The molecule has 2 amide bonds. The smallest absolute Gasteiger partial charge is 0.417 e. The van der Waals surface area contributed by atoms with E-state index < -0.39 is 6.09 Å². The molecule has 0 bridgehead atoms. The molecule has 26 heavy (non-hydrogen) atoms. The van der Waals surface area contributed by atoms with Gasteiger partial charge in [-0.05, 0) is 36.5 Å². The maximum atomic E-state index is 12.4. The molecule has 0 aromatic heterocycles. The van der Waals surface area contributed by atoms with Crippen molar-refractivity contribution in [3.8, 4) is 0 Å². The summed E-state index contributed by atoms with van der Waals surface area (Å²) < 4.78 is 9.77. The van der Waals surface area contributed by atoms with Crippen LogP contribution in [0.4, 0.5) is 4.79 Å². The summed E-state index contributed by atoms with van der Waals surface area (Å²) in [6.45, 7) is 3.46. The highest BCUT2D eigenvalue weighted by Crippen LogP contribution is 2.18. The fraction of sp³-hybridized carbons (Fsp3) is 0.350. The van der Waals surface area contributed by atoms with E-state index >= 15 is 0 Å². The summed E-state index contributed by atoms with van der Waals surface area (Å²) in [5.74, 6) is -0.676. The highest BCUT2D eigenvalue weighted by Gasteiger charge is 2.36. The molecule has 1 heterocycles. The highest BCUT2D eigenvalue weighted by molar-refractivity contribution is 5.99. The van der Waals surface area contributed by atoms with Crippen molar-refractivity contribution in [1.82, 2.24) is 4.90 Å². The molecule has 1 aliphatic heterocycles. The molecule has 1 aromatic carbocycles. The van der Waals surface area contributed by atoms with Crippen LogP contribution in [0.3, 0.4) is 0 Å². The van der Waals surface area contributed by atoms with Gasteiger partial charge >= 0.3 is 12.1 Å². The van der Waals surface area contributed by atoms with Crippen LogP contribution in [0.15, 0.2) is 54.8 Å². The topological polar surface area (TPSA) is 72.9 Å². The van der Waals surface area contributed by atoms with E-state index in [1.165, 1.54) is 24.2 Å². The third-order valence-corrected chi connectivity index (χ3v) is 3.92. The summed E-state index contributed by atoms with van der Waals surface area (Å²) in [5.41, 5.74) is 1.04. The van der Waals surface area contributed by atoms with Gasteiger partial charge in [-0.25, -0.2) is 9.69 Å². The number of carbonyl (C=O) groups excluding carboxylic acids is 3. The lowest BCUT2D eigenvalue weighted by atomic mass is 10.1. The van der Waals surface area contributed by atoms with Gasteiger partial charge in [-0.15, -0.1) is 0 Å². The number of imide groups is 1. The minimum absolute atomic E-state index is 0.0871. The molecule has 0 aliphatic carbocycles. The van der Waals surface area contributed by atoms with Gasteiger partial charge in [0.05, 0.1) is 12.3 Å². The Morgan fingerprint density at radius 1 is 1.35 bits per heavy atom. The first-order chi connectivity index (χ1) is 12.5. The van der Waals surface area contributed by atoms with Gasteiger partial charge in [0.1, 0.15) is 6.61 Å². The summed E-state index contributed by atoms with van der Waals surface area (Å²) >= 11 is 0. The number of benzene rings is 1. The Morgan fingerprint density at radius 3 is 2.77 bits per heavy atom. The highest BCUT2D eigenvalue weighted by atomic mass is 16.6. The predicted molar refractivity (Wildman–Crippen MR) is 96.0 cm³/mol. The van der Waals surface area contributed by atoms with E-state index in [1.807, 2.05) is 37.3 Å². The van der Waals surface area contributed by atoms with Gasteiger partial charge in [-0.1, -0.05) is 43.3 Å². The Labute approximate surface area is 153 Å². The summed E-state index contributed by atoms with van der Waals surface area (Å²) in [5, 5.41) is 0. The number of hydrogen-bond donors (Lipinski definition) is 0. The van der Waals surface area contributed by atoms with Gasteiger partial charge in [0.25, 0.3) is 5.91 Å². The van der Waals surface area contributed by atoms with Crippen LogP contribution < -0.4 is 0 Å². The number of amides is 2. The van der Waals surface area contributed by atoms with Crippen LogP contribution in [0.25, 0.3) is 0 Å². The number of rotatable bonds is 7. The minimum atomic E-state index is -0.608. The molecule has 1 saturated heterocycles. The Kier molecular flexibility index (Phi) is 7.14. The predicted octanol–water partition coefficient (Wildman–Crippen LogP) is 3.24. The van der Waals surface area contributed by atoms with Crippen molar-refractivity contribution in [3.63, 3.8) is 0 Å². The first kappa shape index (κ1) is 19.4. The molecule has 1 aromatic rings. The van der Waals surface area contributed by atoms with Crippen LogP contribution in [0.2, 0.25) is 0 Å². The average Bonchev–Trinajstić information content (AvgIpc) is 2.95. The van der Waals surface area contributed by atoms with E-state index in [1.54, 1.807) is 12.2 Å². The van der Waals surface area contributed by atoms with Crippen molar-refractivity contribution in [2.75, 3.05) is 6.61 Å². The normalized spacial score (nSPS) is 18.3. The van der Waals surface area contributed by atoms with Crippen LogP contribution in [0.5, 0.6) is 0 Å². The second kappa shape index (κ2) is 9.56. The zero-order valence-corrected chi connectivity index (χ0v) is 15.0. The quantitative estimate of drug-likeness (QED) is 0.425. The van der Waals surface area contributed by atoms with Gasteiger partial charge in [0, 0.05) is 6.92 Å². The zero-order valence-electron chi connectivity index (χ0n) is 15.0. The molecule has 1 fully saturated rings. The molecule has 0 spiro atoms. The number of hydrogen-bond acceptors (Lipinski definition) is 5. The monoisotopic (exact) mass is 357 g/mol. The van der Waals surface area contributed by atoms with E-state index in [2.05, 4.69) is 0 Å². The van der Waals surface area contributed by atoms with Crippen LogP contribution in [0, 0.1) is 5.92 Å². The first-order valence-electron chi connectivity index (χ1n) is 8.51. The summed E-state index contributed by atoms with van der Waals surface area (Å²) in [6.07, 6.45) is 6.71. The first-order valence-corrected chi connectivity index (χ1v) is 8.51. The number of carbonyl (C=O) groups is 3. The van der Waals surface area contributed by atoms with Gasteiger partial charge < -0.3 is 9.47 Å². The number of allylic oxidation sites excluding steroid dienone is 2. The summed E-state index contributed by atoms with van der Waals surface area (Å²) in [6, 6.07) is 9.37. The van der Waals surface area contributed by atoms with E-state index in [0.29, 0.717) is 12.8 Å². The fourth-order valence-corrected chi connectivity index (χ4v) is 2.58. The second-order valence-corrected chi connectivity index (χ2v) is 6.18. The zero-order chi connectivity index (χ0) is 18.9. The maximum absolute atomic E-state index is 12.4. The SMILES string of the molecule is CC(=O)O/C=C/[C@@H](C)C/C=C/C(=O)N1C(=O)OC[C@@H]1Cc1ccccc1. The number of esters is 1. The second-order valence-electron chi connectivity index (χ2n) is 6.18. The maximum Gasteiger partial charge on any atom is 0.417 e. The largest absolute Gasteiger partial charge is 0.447 e. The molecule has 138 valence electrons. The Balaban J connectivity index is 1.90. The molecule has 2 atom stereocenters. The Bertz CT molecular complexity index is 695.